The molecule has 2 aromatic carbocycles. The number of hydrogen-bond donors (Lipinski definition) is 0. The molecule has 0 saturated carbocycles. The molecule has 1 aliphatic heterocycles. The molecule has 6 nitrogen and oxygen atoms in total. The number of anilines is 1. The zero-order valence-electron chi connectivity index (χ0n) is 19.0. The number of ether oxygens (including phenoxy) is 1. The fourth-order valence-corrected chi connectivity index (χ4v) is 5.61. The first-order chi connectivity index (χ1) is 14.6. The number of aryl methyl sites for hydroxylation is 2. The standard InChI is InChI=1S/C24H32N2O4S/c1-17(2)26(23-15-18(3)8-9-19(23)4)24(27)20-7-6-14-25(16-20)31(28,29)22-12-10-21(30-5)11-13-22/h8-13,15,17,20H,6-7,14,16H2,1-5H3. The minimum absolute atomic E-state index is 0.0154. The van der Waals surface area contributed by atoms with E-state index < -0.39 is 10.0 Å². The lowest BCUT2D eigenvalue weighted by atomic mass is 9.96. The predicted molar refractivity (Wildman–Crippen MR) is 123 cm³/mol. The van der Waals surface area contributed by atoms with Gasteiger partial charge in [0.25, 0.3) is 0 Å². The van der Waals surface area contributed by atoms with Gasteiger partial charge in [-0.2, -0.15) is 4.31 Å². The molecule has 0 spiro atoms. The van der Waals surface area contributed by atoms with Gasteiger partial charge in [0.2, 0.25) is 15.9 Å². The van der Waals surface area contributed by atoms with E-state index in [1.807, 2.05) is 50.8 Å². The van der Waals surface area contributed by atoms with Crippen molar-refractivity contribution >= 4 is 21.6 Å². The molecule has 7 heteroatoms. The van der Waals surface area contributed by atoms with E-state index in [9.17, 15) is 13.2 Å². The van der Waals surface area contributed by atoms with Crippen molar-refractivity contribution in [2.45, 2.75) is 51.5 Å². The smallest absolute Gasteiger partial charge is 0.243 e. The Morgan fingerprint density at radius 1 is 1.13 bits per heavy atom. The molecule has 1 heterocycles. The largest absolute Gasteiger partial charge is 0.497 e. The quantitative estimate of drug-likeness (QED) is 0.671. The van der Waals surface area contributed by atoms with Gasteiger partial charge in [-0.05, 0) is 82.0 Å². The van der Waals surface area contributed by atoms with Gasteiger partial charge in [-0.15, -0.1) is 0 Å². The number of sulfonamides is 1. The summed E-state index contributed by atoms with van der Waals surface area (Å²) in [6.07, 6.45) is 1.34. The van der Waals surface area contributed by atoms with Gasteiger partial charge in [-0.1, -0.05) is 12.1 Å². The first-order valence-corrected chi connectivity index (χ1v) is 12.1. The van der Waals surface area contributed by atoms with Gasteiger partial charge in [-0.25, -0.2) is 8.42 Å². The Balaban J connectivity index is 1.85. The van der Waals surface area contributed by atoms with Crippen LogP contribution in [0.3, 0.4) is 0 Å². The number of methoxy groups -OCH3 is 1. The Bertz CT molecular complexity index is 1030. The van der Waals surface area contributed by atoms with Crippen LogP contribution >= 0.6 is 0 Å². The molecule has 1 fully saturated rings. The van der Waals surface area contributed by atoms with Crippen molar-refractivity contribution in [3.63, 3.8) is 0 Å². The number of piperidine rings is 1. The lowest BCUT2D eigenvalue weighted by Crippen LogP contribution is -2.48. The molecule has 0 N–H and O–H groups in total. The fraction of sp³-hybridized carbons (Fsp3) is 0.458. The maximum Gasteiger partial charge on any atom is 0.243 e. The van der Waals surface area contributed by atoms with Gasteiger partial charge in [0.05, 0.1) is 17.9 Å². The van der Waals surface area contributed by atoms with Crippen LogP contribution in [-0.2, 0) is 14.8 Å². The van der Waals surface area contributed by atoms with Gasteiger partial charge in [-0.3, -0.25) is 4.79 Å². The maximum atomic E-state index is 13.6. The zero-order valence-corrected chi connectivity index (χ0v) is 19.8. The van der Waals surface area contributed by atoms with Crippen molar-refractivity contribution in [2.75, 3.05) is 25.1 Å². The molecule has 0 aliphatic carbocycles. The third-order valence-corrected chi connectivity index (χ3v) is 7.69. The normalized spacial score (nSPS) is 17.5. The van der Waals surface area contributed by atoms with Crippen LogP contribution in [0.4, 0.5) is 5.69 Å². The first-order valence-electron chi connectivity index (χ1n) is 10.7. The van der Waals surface area contributed by atoms with E-state index in [2.05, 4.69) is 0 Å². The van der Waals surface area contributed by atoms with E-state index in [1.165, 1.54) is 4.31 Å². The van der Waals surface area contributed by atoms with Gasteiger partial charge in [0.15, 0.2) is 0 Å². The van der Waals surface area contributed by atoms with Crippen LogP contribution in [0.2, 0.25) is 0 Å². The van der Waals surface area contributed by atoms with Gasteiger partial charge >= 0.3 is 0 Å². The number of benzene rings is 2. The van der Waals surface area contributed by atoms with E-state index in [-0.39, 0.29) is 29.3 Å². The predicted octanol–water partition coefficient (Wildman–Crippen LogP) is 4.15. The van der Waals surface area contributed by atoms with Crippen LogP contribution in [0.15, 0.2) is 47.4 Å². The highest BCUT2D eigenvalue weighted by molar-refractivity contribution is 7.89. The van der Waals surface area contributed by atoms with Crippen molar-refractivity contribution in [3.8, 4) is 5.75 Å². The Morgan fingerprint density at radius 3 is 2.42 bits per heavy atom. The highest BCUT2D eigenvalue weighted by Gasteiger charge is 2.36. The second-order valence-electron chi connectivity index (χ2n) is 8.47. The van der Waals surface area contributed by atoms with E-state index >= 15 is 0 Å². The minimum atomic E-state index is -3.67. The summed E-state index contributed by atoms with van der Waals surface area (Å²) in [5.41, 5.74) is 3.02. The van der Waals surface area contributed by atoms with Gasteiger partial charge in [0.1, 0.15) is 5.75 Å². The van der Waals surface area contributed by atoms with E-state index in [0.717, 1.165) is 16.8 Å². The van der Waals surface area contributed by atoms with E-state index in [0.29, 0.717) is 25.1 Å². The average molecular weight is 445 g/mol. The Kier molecular flexibility index (Phi) is 7.06. The molecule has 3 rings (SSSR count). The second-order valence-corrected chi connectivity index (χ2v) is 10.4. The number of amides is 1. The lowest BCUT2D eigenvalue weighted by molar-refractivity contribution is -0.123. The number of rotatable bonds is 6. The summed E-state index contributed by atoms with van der Waals surface area (Å²) >= 11 is 0. The summed E-state index contributed by atoms with van der Waals surface area (Å²) in [6.45, 7) is 8.61. The Morgan fingerprint density at radius 2 is 1.81 bits per heavy atom. The molecule has 1 atom stereocenters. The lowest BCUT2D eigenvalue weighted by Gasteiger charge is -2.36. The van der Waals surface area contributed by atoms with Crippen LogP contribution in [0.25, 0.3) is 0 Å². The zero-order chi connectivity index (χ0) is 22.8. The van der Waals surface area contributed by atoms with Crippen molar-refractivity contribution < 1.29 is 17.9 Å². The van der Waals surface area contributed by atoms with E-state index in [1.54, 1.807) is 31.4 Å². The third-order valence-electron chi connectivity index (χ3n) is 5.81. The van der Waals surface area contributed by atoms with Crippen molar-refractivity contribution in [1.29, 1.82) is 0 Å². The SMILES string of the molecule is COc1ccc(S(=O)(=O)N2CCCC(C(=O)N(c3cc(C)ccc3C)C(C)C)C2)cc1. The average Bonchev–Trinajstić information content (AvgIpc) is 2.76. The minimum Gasteiger partial charge on any atom is -0.497 e. The molecular weight excluding hydrogens is 412 g/mol. The highest BCUT2D eigenvalue weighted by atomic mass is 32.2. The fourth-order valence-electron chi connectivity index (χ4n) is 4.09. The molecule has 1 unspecified atom stereocenters. The summed E-state index contributed by atoms with van der Waals surface area (Å²) in [5.74, 6) is 0.217. The first kappa shape index (κ1) is 23.3. The van der Waals surface area contributed by atoms with Crippen LogP contribution in [-0.4, -0.2) is 44.9 Å². The topological polar surface area (TPSA) is 66.9 Å². The van der Waals surface area contributed by atoms with Crippen molar-refractivity contribution in [3.05, 3.63) is 53.6 Å². The Labute approximate surface area is 185 Å². The molecular formula is C24H32N2O4S. The van der Waals surface area contributed by atoms with Crippen LogP contribution < -0.4 is 9.64 Å². The molecule has 1 aliphatic rings. The van der Waals surface area contributed by atoms with Crippen LogP contribution in [0, 0.1) is 19.8 Å². The number of carbonyl (C=O) groups excluding carboxylic acids is 1. The molecule has 168 valence electrons. The summed E-state index contributed by atoms with van der Waals surface area (Å²) in [5, 5.41) is 0. The molecule has 0 aromatic heterocycles. The second kappa shape index (κ2) is 9.40. The summed E-state index contributed by atoms with van der Waals surface area (Å²) in [4.78, 5) is 15.6. The van der Waals surface area contributed by atoms with Crippen LogP contribution in [0.1, 0.15) is 37.8 Å². The summed E-state index contributed by atoms with van der Waals surface area (Å²) < 4.78 is 32.9. The molecule has 0 radical (unpaired) electrons. The van der Waals surface area contributed by atoms with Gasteiger partial charge in [0, 0.05) is 24.8 Å². The number of hydrogen-bond acceptors (Lipinski definition) is 4. The highest BCUT2D eigenvalue weighted by Crippen LogP contribution is 2.30. The molecule has 0 bridgehead atoms. The molecule has 1 saturated heterocycles. The molecule has 31 heavy (non-hydrogen) atoms. The molecule has 1 amide bonds. The van der Waals surface area contributed by atoms with Crippen LogP contribution in [0.5, 0.6) is 5.75 Å². The van der Waals surface area contributed by atoms with Gasteiger partial charge < -0.3 is 9.64 Å². The monoisotopic (exact) mass is 444 g/mol. The van der Waals surface area contributed by atoms with Crippen molar-refractivity contribution in [2.24, 2.45) is 5.92 Å². The summed E-state index contributed by atoms with van der Waals surface area (Å²) in [7, 11) is -2.13. The third kappa shape index (κ3) is 4.93. The number of nitrogens with zero attached hydrogens (tertiary/aromatic N) is 2. The number of carbonyl (C=O) groups is 1. The molecule has 2 aromatic rings. The Hall–Kier alpha value is -2.38. The van der Waals surface area contributed by atoms with Crippen molar-refractivity contribution in [1.82, 2.24) is 4.31 Å². The summed E-state index contributed by atoms with van der Waals surface area (Å²) in [6, 6.07) is 12.4. The van der Waals surface area contributed by atoms with E-state index in [4.69, 9.17) is 4.74 Å². The maximum absolute atomic E-state index is 13.6.